The number of nitrogens with two attached hydrogens (primary N) is 1. The number of benzene rings is 1. The van der Waals surface area contributed by atoms with Gasteiger partial charge in [-0.05, 0) is 17.5 Å². The van der Waals surface area contributed by atoms with Crippen LogP contribution in [0, 0.1) is 0 Å². The molecule has 2 unspecified atom stereocenters. The van der Waals surface area contributed by atoms with Crippen molar-refractivity contribution >= 4 is 24.4 Å². The lowest BCUT2D eigenvalue weighted by Gasteiger charge is -2.31. The highest BCUT2D eigenvalue weighted by atomic mass is 32.1. The first-order chi connectivity index (χ1) is 9.04. The lowest BCUT2D eigenvalue weighted by atomic mass is 9.87. The molecule has 0 bridgehead atoms. The van der Waals surface area contributed by atoms with Gasteiger partial charge in [0.1, 0.15) is 6.04 Å². The third-order valence-electron chi connectivity index (χ3n) is 3.30. The molecular weight excluding hydrogens is 264 g/mol. The number of fused-ring (bicyclic) bond motifs is 1. The van der Waals surface area contributed by atoms with E-state index in [0.29, 0.717) is 6.42 Å². The van der Waals surface area contributed by atoms with Crippen molar-refractivity contribution in [1.29, 1.82) is 0 Å². The van der Waals surface area contributed by atoms with Crippen LogP contribution < -0.4 is 11.1 Å². The van der Waals surface area contributed by atoms with Crippen molar-refractivity contribution in [3.8, 4) is 0 Å². The predicted molar refractivity (Wildman–Crippen MR) is 74.3 cm³/mol. The monoisotopic (exact) mass is 280 g/mol. The van der Waals surface area contributed by atoms with Crippen LogP contribution in [0.5, 0.6) is 0 Å². The molecule has 1 aromatic rings. The molecule has 0 fully saturated rings. The van der Waals surface area contributed by atoms with Crippen molar-refractivity contribution in [2.24, 2.45) is 5.73 Å². The van der Waals surface area contributed by atoms with Crippen molar-refractivity contribution in [1.82, 2.24) is 5.32 Å². The fourth-order valence-corrected chi connectivity index (χ4v) is 2.45. The van der Waals surface area contributed by atoms with E-state index in [0.717, 1.165) is 11.1 Å². The Hall–Kier alpha value is -1.37. The zero-order chi connectivity index (χ0) is 14.0. The van der Waals surface area contributed by atoms with E-state index in [1.807, 2.05) is 24.3 Å². The number of hydrogen-bond donors (Lipinski definition) is 4. The number of ketones is 1. The molecule has 1 aliphatic heterocycles. The van der Waals surface area contributed by atoms with Gasteiger partial charge in [0.25, 0.3) is 0 Å². The highest BCUT2D eigenvalue weighted by molar-refractivity contribution is 7.80. The number of carboxylic acids is 1. The standard InChI is InChI=1S/C13H16N2O3S/c14-9(6-19)12(16)11-8-4-2-1-3-7(8)5-10(15-11)13(17)18/h1-4,9-11,15,19H,5-6,14H2,(H,17,18)/t9-,10?,11?/m1/s1. The van der Waals surface area contributed by atoms with E-state index in [1.54, 1.807) is 0 Å². The molecule has 0 aromatic heterocycles. The van der Waals surface area contributed by atoms with Crippen LogP contribution in [-0.4, -0.2) is 34.7 Å². The molecule has 3 atom stereocenters. The zero-order valence-electron chi connectivity index (χ0n) is 10.2. The van der Waals surface area contributed by atoms with Gasteiger partial charge in [-0.2, -0.15) is 12.6 Å². The van der Waals surface area contributed by atoms with Crippen molar-refractivity contribution in [2.45, 2.75) is 24.5 Å². The van der Waals surface area contributed by atoms with E-state index in [4.69, 9.17) is 10.8 Å². The topological polar surface area (TPSA) is 92.4 Å². The summed E-state index contributed by atoms with van der Waals surface area (Å²) in [6.45, 7) is 0. The number of nitrogens with one attached hydrogen (secondary N) is 1. The van der Waals surface area contributed by atoms with E-state index >= 15 is 0 Å². The smallest absolute Gasteiger partial charge is 0.321 e. The zero-order valence-corrected chi connectivity index (χ0v) is 11.1. The van der Waals surface area contributed by atoms with Gasteiger partial charge < -0.3 is 10.8 Å². The number of aliphatic carboxylic acids is 1. The molecule has 0 spiro atoms. The van der Waals surface area contributed by atoms with Gasteiger partial charge in [-0.3, -0.25) is 14.9 Å². The minimum absolute atomic E-state index is 0.228. The number of carbonyl (C=O) groups is 2. The highest BCUT2D eigenvalue weighted by Crippen LogP contribution is 2.26. The summed E-state index contributed by atoms with van der Waals surface area (Å²) >= 11 is 4.02. The summed E-state index contributed by atoms with van der Waals surface area (Å²) in [6, 6.07) is 5.19. The maximum Gasteiger partial charge on any atom is 0.321 e. The van der Waals surface area contributed by atoms with E-state index < -0.39 is 24.1 Å². The van der Waals surface area contributed by atoms with Crippen LogP contribution in [0.15, 0.2) is 24.3 Å². The van der Waals surface area contributed by atoms with Crippen molar-refractivity contribution in [3.05, 3.63) is 35.4 Å². The molecule has 0 saturated heterocycles. The molecule has 1 heterocycles. The number of hydrogen-bond acceptors (Lipinski definition) is 5. The molecule has 102 valence electrons. The number of thiol groups is 1. The molecule has 1 aliphatic rings. The Bertz CT molecular complexity index is 506. The number of rotatable bonds is 4. The van der Waals surface area contributed by atoms with E-state index in [2.05, 4.69) is 17.9 Å². The molecule has 0 radical (unpaired) electrons. The number of Topliss-reactive ketones (excluding diaryl/α,β-unsaturated/α-hetero) is 1. The van der Waals surface area contributed by atoms with Gasteiger partial charge in [-0.25, -0.2) is 0 Å². The lowest BCUT2D eigenvalue weighted by Crippen LogP contribution is -2.51. The lowest BCUT2D eigenvalue weighted by molar-refractivity contribution is -0.140. The van der Waals surface area contributed by atoms with Crippen LogP contribution >= 0.6 is 12.6 Å². The first-order valence-corrected chi connectivity index (χ1v) is 6.64. The van der Waals surface area contributed by atoms with Crippen molar-refractivity contribution < 1.29 is 14.7 Å². The second-order valence-electron chi connectivity index (χ2n) is 4.58. The fourth-order valence-electron chi connectivity index (χ4n) is 2.27. The van der Waals surface area contributed by atoms with Crippen LogP contribution in [0.2, 0.25) is 0 Å². The van der Waals surface area contributed by atoms with Crippen LogP contribution in [0.4, 0.5) is 0 Å². The minimum Gasteiger partial charge on any atom is -0.480 e. The Kier molecular flexibility index (Phi) is 4.24. The summed E-state index contributed by atoms with van der Waals surface area (Å²) in [6.07, 6.45) is 0.366. The van der Waals surface area contributed by atoms with Gasteiger partial charge in [0.2, 0.25) is 0 Å². The fraction of sp³-hybridized carbons (Fsp3) is 0.385. The average molecular weight is 280 g/mol. The molecular formula is C13H16N2O3S. The quantitative estimate of drug-likeness (QED) is 0.589. The summed E-state index contributed by atoms with van der Waals surface area (Å²) in [4.78, 5) is 23.4. The molecule has 19 heavy (non-hydrogen) atoms. The summed E-state index contributed by atoms with van der Waals surface area (Å²) in [5.74, 6) is -0.961. The molecule has 0 amide bonds. The molecule has 4 N–H and O–H groups in total. The van der Waals surface area contributed by atoms with Crippen LogP contribution in [-0.2, 0) is 16.0 Å². The van der Waals surface area contributed by atoms with Crippen molar-refractivity contribution in [2.75, 3.05) is 5.75 Å². The first-order valence-electron chi connectivity index (χ1n) is 6.01. The Labute approximate surface area is 116 Å². The summed E-state index contributed by atoms with van der Waals surface area (Å²) in [5.41, 5.74) is 7.39. The maximum atomic E-state index is 12.2. The Balaban J connectivity index is 2.36. The largest absolute Gasteiger partial charge is 0.480 e. The number of carboxylic acid groups (broad SMARTS) is 1. The minimum atomic E-state index is -0.966. The maximum absolute atomic E-state index is 12.2. The predicted octanol–water partition coefficient (Wildman–Crippen LogP) is 0.153. The third-order valence-corrected chi connectivity index (χ3v) is 3.70. The number of carbonyl (C=O) groups excluding carboxylic acids is 1. The summed E-state index contributed by atoms with van der Waals surface area (Å²) in [7, 11) is 0. The summed E-state index contributed by atoms with van der Waals surface area (Å²) < 4.78 is 0. The van der Waals surface area contributed by atoms with Gasteiger partial charge in [0, 0.05) is 5.75 Å². The third kappa shape index (κ3) is 2.80. The normalized spacial score (nSPS) is 23.5. The van der Waals surface area contributed by atoms with Gasteiger partial charge >= 0.3 is 5.97 Å². The van der Waals surface area contributed by atoms with E-state index in [9.17, 15) is 9.59 Å². The van der Waals surface area contributed by atoms with Gasteiger partial charge in [-0.15, -0.1) is 0 Å². The SMILES string of the molecule is N[C@H](CS)C(=O)C1NC(C(=O)O)Cc2ccccc21. The molecule has 6 heteroatoms. The van der Waals surface area contributed by atoms with Crippen LogP contribution in [0.1, 0.15) is 17.2 Å². The average Bonchev–Trinajstić information content (AvgIpc) is 2.44. The molecule has 0 saturated carbocycles. The second kappa shape index (κ2) is 5.73. The molecule has 0 aliphatic carbocycles. The van der Waals surface area contributed by atoms with Crippen molar-refractivity contribution in [3.63, 3.8) is 0 Å². The van der Waals surface area contributed by atoms with E-state index in [-0.39, 0.29) is 11.5 Å². The molecule has 1 aromatic carbocycles. The Morgan fingerprint density at radius 2 is 2.16 bits per heavy atom. The first kappa shape index (κ1) is 14.0. The Morgan fingerprint density at radius 3 is 2.79 bits per heavy atom. The Morgan fingerprint density at radius 1 is 1.47 bits per heavy atom. The summed E-state index contributed by atoms with van der Waals surface area (Å²) in [5, 5.41) is 12.0. The van der Waals surface area contributed by atoms with Gasteiger partial charge in [-0.1, -0.05) is 24.3 Å². The van der Waals surface area contributed by atoms with Gasteiger partial charge in [0.05, 0.1) is 12.1 Å². The highest BCUT2D eigenvalue weighted by Gasteiger charge is 2.35. The van der Waals surface area contributed by atoms with E-state index in [1.165, 1.54) is 0 Å². The molecule has 2 rings (SSSR count). The van der Waals surface area contributed by atoms with Gasteiger partial charge in [0.15, 0.2) is 5.78 Å². The second-order valence-corrected chi connectivity index (χ2v) is 4.95. The van der Waals surface area contributed by atoms with Crippen LogP contribution in [0.3, 0.4) is 0 Å². The van der Waals surface area contributed by atoms with Crippen LogP contribution in [0.25, 0.3) is 0 Å². The molecule has 5 nitrogen and oxygen atoms in total.